The third-order valence-corrected chi connectivity index (χ3v) is 10.3. The number of imidazole rings is 1. The van der Waals surface area contributed by atoms with Gasteiger partial charge < -0.3 is 18.9 Å². The molecule has 0 radical (unpaired) electrons. The van der Waals surface area contributed by atoms with Crippen LogP contribution in [0.15, 0.2) is 55.1 Å². The molecule has 0 N–H and O–H groups in total. The molecule has 1 aliphatic heterocycles. The zero-order valence-corrected chi connectivity index (χ0v) is 32.4. The second-order valence-corrected chi connectivity index (χ2v) is 15.6. The van der Waals surface area contributed by atoms with Gasteiger partial charge in [0.05, 0.1) is 29.7 Å². The van der Waals surface area contributed by atoms with Crippen LogP contribution in [0.3, 0.4) is 0 Å². The molecule has 5 rings (SSSR count). The van der Waals surface area contributed by atoms with E-state index in [1.807, 2.05) is 44.4 Å². The molecule has 0 aliphatic carbocycles. The predicted octanol–water partition coefficient (Wildman–Crippen LogP) is 9.40. The van der Waals surface area contributed by atoms with Gasteiger partial charge in [-0.05, 0) is 97.6 Å². The minimum absolute atomic E-state index is 0.211. The third kappa shape index (κ3) is 8.46. The second kappa shape index (κ2) is 15.6. The molecule has 0 amide bonds. The topological polar surface area (TPSA) is 86.8 Å². The van der Waals surface area contributed by atoms with Crippen molar-refractivity contribution in [3.8, 4) is 16.9 Å². The van der Waals surface area contributed by atoms with Crippen molar-refractivity contribution in [3.63, 3.8) is 0 Å². The zero-order valence-electron chi connectivity index (χ0n) is 32.4. The molecule has 4 heterocycles. The lowest BCUT2D eigenvalue weighted by Crippen LogP contribution is -2.41. The van der Waals surface area contributed by atoms with Crippen LogP contribution in [0.25, 0.3) is 22.6 Å². The smallest absolute Gasteiger partial charge is 0.339 e. The van der Waals surface area contributed by atoms with E-state index in [2.05, 4.69) is 74.6 Å². The van der Waals surface area contributed by atoms with Crippen molar-refractivity contribution in [2.75, 3.05) is 25.1 Å². The summed E-state index contributed by atoms with van der Waals surface area (Å²) in [7, 11) is 1.41. The van der Waals surface area contributed by atoms with Gasteiger partial charge in [0.15, 0.2) is 11.8 Å². The molecule has 1 saturated heterocycles. The summed E-state index contributed by atoms with van der Waals surface area (Å²) in [5.74, 6) is 1.40. The van der Waals surface area contributed by atoms with Crippen molar-refractivity contribution in [1.29, 1.82) is 0 Å². The Morgan fingerprint density at radius 2 is 1.80 bits per heavy atom. The van der Waals surface area contributed by atoms with Crippen LogP contribution in [0.4, 0.5) is 5.82 Å². The highest BCUT2D eigenvalue weighted by Gasteiger charge is 2.38. The molecule has 274 valence electrons. The number of piperidine rings is 1. The molecule has 1 aliphatic rings. The highest BCUT2D eigenvalue weighted by Crippen LogP contribution is 2.42. The molecule has 1 unspecified atom stereocenters. The van der Waals surface area contributed by atoms with Gasteiger partial charge in [0.1, 0.15) is 11.6 Å². The van der Waals surface area contributed by atoms with Crippen molar-refractivity contribution in [3.05, 3.63) is 83.6 Å². The number of carbonyl (C=O) groups is 1. The Bertz CT molecular complexity index is 1890. The molecule has 0 saturated carbocycles. The summed E-state index contributed by atoms with van der Waals surface area (Å²) in [5, 5.41) is 5.23. The molecule has 1 atom stereocenters. The van der Waals surface area contributed by atoms with Gasteiger partial charge in [-0.3, -0.25) is 0 Å². The fraction of sp³-hybridized carbons (Fsp3) is 0.524. The van der Waals surface area contributed by atoms with Gasteiger partial charge in [-0.1, -0.05) is 50.6 Å². The molecule has 9 heteroatoms. The Labute approximate surface area is 304 Å². The first-order valence-corrected chi connectivity index (χ1v) is 18.5. The number of hydrogen-bond donors (Lipinski definition) is 0. The van der Waals surface area contributed by atoms with Gasteiger partial charge in [0.2, 0.25) is 0 Å². The van der Waals surface area contributed by atoms with Crippen molar-refractivity contribution in [2.24, 2.45) is 5.41 Å². The number of aromatic nitrogens is 5. The summed E-state index contributed by atoms with van der Waals surface area (Å²) >= 11 is 0. The summed E-state index contributed by atoms with van der Waals surface area (Å²) in [6.07, 6.45) is 9.09. The van der Waals surface area contributed by atoms with E-state index < -0.39 is 17.7 Å². The lowest BCUT2D eigenvalue weighted by atomic mass is 9.75. The Kier molecular flexibility index (Phi) is 11.6. The molecule has 51 heavy (non-hydrogen) atoms. The van der Waals surface area contributed by atoms with Gasteiger partial charge in [0.25, 0.3) is 0 Å². The van der Waals surface area contributed by atoms with Gasteiger partial charge >= 0.3 is 5.97 Å². The van der Waals surface area contributed by atoms with Crippen molar-refractivity contribution >= 4 is 17.4 Å². The predicted molar refractivity (Wildman–Crippen MR) is 207 cm³/mol. The third-order valence-electron chi connectivity index (χ3n) is 10.3. The van der Waals surface area contributed by atoms with Crippen LogP contribution in [0.1, 0.15) is 114 Å². The zero-order chi connectivity index (χ0) is 37.1. The molecule has 0 spiro atoms. The summed E-state index contributed by atoms with van der Waals surface area (Å²) in [4.78, 5) is 25.8. The number of aryl methyl sites for hydroxylation is 3. The van der Waals surface area contributed by atoms with Crippen LogP contribution >= 0.6 is 0 Å². The number of rotatable bonds is 14. The maximum absolute atomic E-state index is 13.5. The van der Waals surface area contributed by atoms with E-state index in [4.69, 9.17) is 24.5 Å². The lowest BCUT2D eigenvalue weighted by molar-refractivity contribution is -0.164. The van der Waals surface area contributed by atoms with Crippen LogP contribution in [-0.4, -0.2) is 55.9 Å². The Morgan fingerprint density at radius 3 is 2.45 bits per heavy atom. The minimum Gasteiger partial charge on any atom is -0.467 e. The highest BCUT2D eigenvalue weighted by molar-refractivity contribution is 5.80. The van der Waals surface area contributed by atoms with E-state index in [-0.39, 0.29) is 5.41 Å². The number of nitrogens with zero attached hydrogens (tertiary/aromatic N) is 6. The number of esters is 1. The second-order valence-electron chi connectivity index (χ2n) is 15.6. The molecule has 4 aromatic rings. The molecule has 0 bridgehead atoms. The summed E-state index contributed by atoms with van der Waals surface area (Å²) in [5.41, 5.74) is 8.02. The van der Waals surface area contributed by atoms with Crippen LogP contribution < -0.4 is 4.90 Å². The van der Waals surface area contributed by atoms with E-state index in [1.54, 1.807) is 0 Å². The van der Waals surface area contributed by atoms with Gasteiger partial charge in [-0.2, -0.15) is 9.61 Å². The quantitative estimate of drug-likeness (QED) is 0.0960. The molecular formula is C42H58N6O3. The maximum atomic E-state index is 13.5. The van der Waals surface area contributed by atoms with Crippen LogP contribution in [0.2, 0.25) is 0 Å². The van der Waals surface area contributed by atoms with Crippen LogP contribution in [0.5, 0.6) is 0 Å². The SMILES string of the molecule is C=CCCc1nc(C)c(C)n1-c1cccc(-c2cc3nc(C)c(C(OC(C)(C)C)C(=O)OC)c(N4CCC(C)(CCC(=C)CCC)CC4)n3n2)c1. The standard InChI is InChI=1S/C42H58N6O3/c1-12-14-19-35-43-29(4)31(6)47(35)33-18-15-17-32(26-33)34-27-36-44-30(5)37(38(40(49)50-11)51-41(7,8)9)39(48(36)45-34)46-24-22-42(10,23-25-46)21-20-28(3)16-13-2/h12,15,17-18,26-27,38H,1,3,13-14,16,19-25H2,2,4-11H3. The molecule has 1 fully saturated rings. The van der Waals surface area contributed by atoms with E-state index in [9.17, 15) is 4.79 Å². The number of methoxy groups -OCH3 is 1. The molecule has 1 aromatic carbocycles. The summed E-state index contributed by atoms with van der Waals surface area (Å²) in [6, 6.07) is 10.5. The van der Waals surface area contributed by atoms with Gasteiger partial charge in [-0.25, -0.2) is 14.8 Å². The number of allylic oxidation sites excluding steroid dienone is 2. The minimum atomic E-state index is -0.968. The van der Waals surface area contributed by atoms with Crippen molar-refractivity contribution < 1.29 is 14.3 Å². The van der Waals surface area contributed by atoms with Gasteiger partial charge in [0, 0.05) is 48.2 Å². The van der Waals surface area contributed by atoms with E-state index in [0.717, 1.165) is 116 Å². The summed E-state index contributed by atoms with van der Waals surface area (Å²) < 4.78 is 16.0. The number of hydrogen-bond acceptors (Lipinski definition) is 7. The normalized spacial score (nSPS) is 15.3. The Morgan fingerprint density at radius 1 is 1.08 bits per heavy atom. The first-order chi connectivity index (χ1) is 24.2. The van der Waals surface area contributed by atoms with E-state index >= 15 is 0 Å². The number of carbonyl (C=O) groups excluding carboxylic acids is 1. The van der Waals surface area contributed by atoms with Crippen LogP contribution in [-0.2, 0) is 20.7 Å². The number of fused-ring (bicyclic) bond motifs is 1. The monoisotopic (exact) mass is 694 g/mol. The van der Waals surface area contributed by atoms with Crippen molar-refractivity contribution in [1.82, 2.24) is 24.1 Å². The fourth-order valence-electron chi connectivity index (χ4n) is 7.24. The number of benzene rings is 1. The van der Waals surface area contributed by atoms with Crippen LogP contribution in [0, 0.1) is 26.2 Å². The first kappa shape index (κ1) is 38.0. The fourth-order valence-corrected chi connectivity index (χ4v) is 7.24. The molecule has 9 nitrogen and oxygen atoms in total. The Hall–Kier alpha value is -4.24. The van der Waals surface area contributed by atoms with E-state index in [0.29, 0.717) is 5.56 Å². The average Bonchev–Trinajstić information content (AvgIpc) is 3.64. The van der Waals surface area contributed by atoms with Crippen molar-refractivity contribution in [2.45, 2.75) is 118 Å². The molecule has 3 aromatic heterocycles. The average molecular weight is 695 g/mol. The van der Waals surface area contributed by atoms with E-state index in [1.165, 1.54) is 12.7 Å². The Balaban J connectivity index is 1.61. The van der Waals surface area contributed by atoms with Gasteiger partial charge in [-0.15, -0.1) is 6.58 Å². The first-order valence-electron chi connectivity index (χ1n) is 18.5. The maximum Gasteiger partial charge on any atom is 0.339 e. The molecular weight excluding hydrogens is 637 g/mol. The largest absolute Gasteiger partial charge is 0.467 e. The lowest BCUT2D eigenvalue weighted by Gasteiger charge is -2.42. The number of ether oxygens (including phenoxy) is 2. The highest BCUT2D eigenvalue weighted by atomic mass is 16.6. The summed E-state index contributed by atoms with van der Waals surface area (Å²) in [6.45, 7) is 26.5. The number of anilines is 1.